The molecule has 0 amide bonds. The molecule has 246 valence electrons. The number of para-hydroxylation sites is 3. The molecular weight excluding hydrogens is 615 g/mol. The molecule has 7 aromatic rings. The molecule has 0 radical (unpaired) electrons. The Balaban J connectivity index is 1.44. The summed E-state index contributed by atoms with van der Waals surface area (Å²) >= 11 is 0. The highest BCUT2D eigenvalue weighted by Gasteiger charge is 2.47. The van der Waals surface area contributed by atoms with Gasteiger partial charge in [0.05, 0.1) is 0 Å². The van der Waals surface area contributed by atoms with Crippen molar-refractivity contribution in [3.63, 3.8) is 0 Å². The van der Waals surface area contributed by atoms with Crippen molar-refractivity contribution in [3.8, 4) is 0 Å². The lowest BCUT2D eigenvalue weighted by molar-refractivity contribution is 0.640. The van der Waals surface area contributed by atoms with E-state index in [9.17, 15) is 0 Å². The van der Waals surface area contributed by atoms with Crippen LogP contribution >= 0.6 is 0 Å². The molecule has 0 atom stereocenters. The van der Waals surface area contributed by atoms with Crippen LogP contribution in [0.3, 0.4) is 0 Å². The summed E-state index contributed by atoms with van der Waals surface area (Å²) in [6, 6.07) is 64.8. The van der Waals surface area contributed by atoms with Crippen LogP contribution in [0.4, 0.5) is 34.1 Å². The molecule has 0 N–H and O–H groups in total. The van der Waals surface area contributed by atoms with Crippen LogP contribution in [-0.2, 0) is 10.8 Å². The van der Waals surface area contributed by atoms with Crippen molar-refractivity contribution in [2.45, 2.75) is 38.5 Å². The predicted molar refractivity (Wildman–Crippen MR) is 218 cm³/mol. The summed E-state index contributed by atoms with van der Waals surface area (Å²) in [6.45, 7) is 9.57. The summed E-state index contributed by atoms with van der Waals surface area (Å²) in [7, 11) is 0. The molecule has 0 saturated heterocycles. The first-order valence-electron chi connectivity index (χ1n) is 18.1. The first kappa shape index (κ1) is 31.2. The number of hydrogen-bond acceptors (Lipinski definition) is 2. The standard InChI is InChI=1S/C48H41BN2/c1-47(2,34-20-9-5-10-21-34)38-28-19-31-42-44(38)49-40-29-17-18-30-41(40)50(36-24-13-7-14-25-36)43-33-32-39(48(3,4)35-22-11-6-12-23-35)46(45(43)49)51(42)37-26-15-8-16-27-37/h5-33H,1-4H3. The topological polar surface area (TPSA) is 6.48 Å². The van der Waals surface area contributed by atoms with E-state index < -0.39 is 0 Å². The lowest BCUT2D eigenvalue weighted by atomic mass is 9.32. The third kappa shape index (κ3) is 4.79. The minimum Gasteiger partial charge on any atom is -0.311 e. The number of anilines is 6. The molecule has 7 aromatic carbocycles. The van der Waals surface area contributed by atoms with Gasteiger partial charge in [-0.1, -0.05) is 161 Å². The van der Waals surface area contributed by atoms with E-state index in [0.29, 0.717) is 0 Å². The molecule has 2 nitrogen and oxygen atoms in total. The second-order valence-electron chi connectivity index (χ2n) is 14.9. The molecular formula is C48H41BN2. The third-order valence-electron chi connectivity index (χ3n) is 11.4. The van der Waals surface area contributed by atoms with E-state index >= 15 is 0 Å². The lowest BCUT2D eigenvalue weighted by Crippen LogP contribution is -2.63. The summed E-state index contributed by atoms with van der Waals surface area (Å²) in [5.41, 5.74) is 16.1. The van der Waals surface area contributed by atoms with Gasteiger partial charge in [0.2, 0.25) is 0 Å². The van der Waals surface area contributed by atoms with E-state index in [4.69, 9.17) is 0 Å². The summed E-state index contributed by atoms with van der Waals surface area (Å²) in [4.78, 5) is 5.06. The molecule has 2 aliphatic rings. The van der Waals surface area contributed by atoms with Crippen LogP contribution in [-0.4, -0.2) is 6.71 Å². The van der Waals surface area contributed by atoms with Crippen molar-refractivity contribution in [2.75, 3.05) is 9.80 Å². The molecule has 0 aromatic heterocycles. The van der Waals surface area contributed by atoms with Crippen LogP contribution in [0.15, 0.2) is 176 Å². The van der Waals surface area contributed by atoms with Crippen molar-refractivity contribution in [1.82, 2.24) is 0 Å². The van der Waals surface area contributed by atoms with Crippen molar-refractivity contribution < 1.29 is 0 Å². The van der Waals surface area contributed by atoms with Gasteiger partial charge in [0.1, 0.15) is 0 Å². The van der Waals surface area contributed by atoms with Gasteiger partial charge in [-0.15, -0.1) is 0 Å². The maximum atomic E-state index is 2.58. The molecule has 0 fully saturated rings. The first-order chi connectivity index (χ1) is 24.9. The minimum atomic E-state index is -0.282. The van der Waals surface area contributed by atoms with Crippen molar-refractivity contribution in [1.29, 1.82) is 0 Å². The van der Waals surface area contributed by atoms with Crippen LogP contribution in [0.2, 0.25) is 0 Å². The molecule has 2 aliphatic heterocycles. The monoisotopic (exact) mass is 656 g/mol. The molecule has 51 heavy (non-hydrogen) atoms. The first-order valence-corrected chi connectivity index (χ1v) is 18.1. The van der Waals surface area contributed by atoms with Crippen molar-refractivity contribution in [2.24, 2.45) is 0 Å². The van der Waals surface area contributed by atoms with E-state index in [-0.39, 0.29) is 17.5 Å². The van der Waals surface area contributed by atoms with E-state index in [1.54, 1.807) is 0 Å². The van der Waals surface area contributed by atoms with Crippen LogP contribution in [0, 0.1) is 0 Å². The van der Waals surface area contributed by atoms with Gasteiger partial charge in [-0.05, 0) is 81.1 Å². The largest absolute Gasteiger partial charge is 0.311 e. The van der Waals surface area contributed by atoms with Gasteiger partial charge >= 0.3 is 0 Å². The minimum absolute atomic E-state index is 0.0202. The highest BCUT2D eigenvalue weighted by molar-refractivity contribution is 7.00. The summed E-state index contributed by atoms with van der Waals surface area (Å²) < 4.78 is 0. The SMILES string of the molecule is CC(C)(c1ccccc1)c1cccc2c1B1c3ccccc3N(c3ccccc3)c3ccc(C(C)(C)c4ccccc4)c(c31)N2c1ccccc1. The Morgan fingerprint density at radius 2 is 0.843 bits per heavy atom. The Bertz CT molecular complexity index is 2370. The summed E-state index contributed by atoms with van der Waals surface area (Å²) in [6.07, 6.45) is 0. The number of nitrogens with zero attached hydrogens (tertiary/aromatic N) is 2. The zero-order valence-electron chi connectivity index (χ0n) is 29.7. The number of rotatable bonds is 6. The third-order valence-corrected chi connectivity index (χ3v) is 11.4. The van der Waals surface area contributed by atoms with Crippen molar-refractivity contribution >= 4 is 57.2 Å². The molecule has 0 saturated carbocycles. The Morgan fingerprint density at radius 3 is 1.45 bits per heavy atom. The fourth-order valence-corrected chi connectivity index (χ4v) is 8.78. The maximum absolute atomic E-state index is 2.58. The Morgan fingerprint density at radius 1 is 0.373 bits per heavy atom. The summed E-state index contributed by atoms with van der Waals surface area (Å²) in [5, 5.41) is 0. The maximum Gasteiger partial charge on any atom is 0.252 e. The number of hydrogen-bond donors (Lipinski definition) is 0. The zero-order chi connectivity index (χ0) is 34.7. The van der Waals surface area contributed by atoms with Gasteiger partial charge in [0.25, 0.3) is 6.71 Å². The van der Waals surface area contributed by atoms with Gasteiger partial charge in [-0.2, -0.15) is 0 Å². The van der Waals surface area contributed by atoms with E-state index in [0.717, 1.165) is 11.4 Å². The molecule has 0 bridgehead atoms. The smallest absolute Gasteiger partial charge is 0.252 e. The fraction of sp³-hybridized carbons (Fsp3) is 0.125. The highest BCUT2D eigenvalue weighted by atomic mass is 15.2. The normalized spacial score (nSPS) is 13.4. The predicted octanol–water partition coefficient (Wildman–Crippen LogP) is 10.4. The van der Waals surface area contributed by atoms with E-state index in [1.807, 2.05) is 0 Å². The Hall–Kier alpha value is -5.80. The highest BCUT2D eigenvalue weighted by Crippen LogP contribution is 2.49. The number of fused-ring (bicyclic) bond motifs is 4. The molecule has 0 aliphatic carbocycles. The average Bonchev–Trinajstić information content (AvgIpc) is 3.18. The van der Waals surface area contributed by atoms with Gasteiger partial charge < -0.3 is 9.80 Å². The summed E-state index contributed by atoms with van der Waals surface area (Å²) in [5.74, 6) is 0. The van der Waals surface area contributed by atoms with E-state index in [1.165, 1.54) is 61.4 Å². The van der Waals surface area contributed by atoms with Crippen LogP contribution in [0.5, 0.6) is 0 Å². The second-order valence-corrected chi connectivity index (χ2v) is 14.9. The molecule has 0 spiro atoms. The quantitative estimate of drug-likeness (QED) is 0.164. The van der Waals surface area contributed by atoms with Crippen molar-refractivity contribution in [3.05, 3.63) is 198 Å². The van der Waals surface area contributed by atoms with Crippen LogP contribution in [0.25, 0.3) is 0 Å². The van der Waals surface area contributed by atoms with Gasteiger partial charge in [-0.25, -0.2) is 0 Å². The van der Waals surface area contributed by atoms with Gasteiger partial charge in [0, 0.05) is 45.0 Å². The van der Waals surface area contributed by atoms with Gasteiger partial charge in [0.15, 0.2) is 0 Å². The Kier molecular flexibility index (Phi) is 7.29. The van der Waals surface area contributed by atoms with E-state index in [2.05, 4.69) is 213 Å². The fourth-order valence-electron chi connectivity index (χ4n) is 8.78. The number of benzene rings is 7. The van der Waals surface area contributed by atoms with Crippen LogP contribution < -0.4 is 26.2 Å². The molecule has 3 heteroatoms. The average molecular weight is 657 g/mol. The lowest BCUT2D eigenvalue weighted by Gasteiger charge is -2.48. The molecule has 0 unspecified atom stereocenters. The van der Waals surface area contributed by atoms with Crippen LogP contribution in [0.1, 0.15) is 49.9 Å². The molecule has 9 rings (SSSR count). The second kappa shape index (κ2) is 11.9. The molecule has 2 heterocycles. The Labute approximate surface area is 302 Å². The van der Waals surface area contributed by atoms with Gasteiger partial charge in [-0.3, -0.25) is 0 Å². The zero-order valence-corrected chi connectivity index (χ0v) is 29.7.